The largest absolute Gasteiger partial charge is 0.450 e. The molecular weight excluding hydrogens is 386 g/mol. The first-order chi connectivity index (χ1) is 14.2. The van der Waals surface area contributed by atoms with Crippen LogP contribution in [-0.4, -0.2) is 30.1 Å². The van der Waals surface area contributed by atoms with Gasteiger partial charge in [0.15, 0.2) is 5.09 Å². The average molecular weight is 405 g/mol. The number of pyridine rings is 1. The number of nitrogens with zero attached hydrogens (tertiary/aromatic N) is 2. The van der Waals surface area contributed by atoms with Crippen molar-refractivity contribution in [1.29, 1.82) is 5.26 Å². The van der Waals surface area contributed by atoms with Gasteiger partial charge in [-0.05, 0) is 48.9 Å². The van der Waals surface area contributed by atoms with Gasteiger partial charge in [0.1, 0.15) is 17.4 Å². The highest BCUT2D eigenvalue weighted by Crippen LogP contribution is 2.33. The molecule has 0 aliphatic carbocycles. The summed E-state index contributed by atoms with van der Waals surface area (Å²) in [7, 11) is 0. The fourth-order valence-electron chi connectivity index (χ4n) is 3.13. The van der Waals surface area contributed by atoms with Crippen molar-refractivity contribution in [3.05, 3.63) is 60.0 Å². The van der Waals surface area contributed by atoms with Gasteiger partial charge in [-0.1, -0.05) is 18.2 Å². The van der Waals surface area contributed by atoms with Crippen molar-refractivity contribution in [1.82, 2.24) is 10.3 Å². The van der Waals surface area contributed by atoms with Crippen molar-refractivity contribution in [2.75, 3.05) is 13.2 Å². The van der Waals surface area contributed by atoms with E-state index >= 15 is 0 Å². The number of hydrogen-bond donors (Lipinski definition) is 1. The lowest BCUT2D eigenvalue weighted by atomic mass is 10.2. The molecule has 0 bridgehead atoms. The molecule has 0 spiro atoms. The molecule has 1 fully saturated rings. The zero-order chi connectivity index (χ0) is 20.1. The van der Waals surface area contributed by atoms with Crippen molar-refractivity contribution in [2.45, 2.75) is 28.9 Å². The van der Waals surface area contributed by atoms with Crippen LogP contribution < -0.4 is 5.32 Å². The molecule has 2 aromatic heterocycles. The molecule has 4 rings (SSSR count). The lowest BCUT2D eigenvalue weighted by Crippen LogP contribution is -2.32. The molecule has 7 heteroatoms. The Morgan fingerprint density at radius 2 is 2.21 bits per heavy atom. The number of carbonyl (C=O) groups excluding carboxylic acids is 1. The molecule has 3 aromatic rings. The Hall–Kier alpha value is -3.08. The van der Waals surface area contributed by atoms with Gasteiger partial charge in [0.2, 0.25) is 0 Å². The lowest BCUT2D eigenvalue weighted by Gasteiger charge is -2.09. The van der Waals surface area contributed by atoms with Gasteiger partial charge in [0.05, 0.1) is 11.6 Å². The highest BCUT2D eigenvalue weighted by atomic mass is 32.2. The Kier molecular flexibility index (Phi) is 5.94. The quantitative estimate of drug-likeness (QED) is 0.489. The standard InChI is InChI=1S/C22H19N3O3S/c23-13-16(22(26)25-14-18-6-3-11-27-18)12-17-8-9-20(28-17)29-19-7-1-4-15-5-2-10-24-21(15)19/h1-2,4-5,7-10,12,18H,3,6,11,14H2,(H,25,26)/b16-12+/t18-/m0/s1. The Morgan fingerprint density at radius 1 is 1.31 bits per heavy atom. The number of hydrogen-bond acceptors (Lipinski definition) is 6. The first-order valence-electron chi connectivity index (χ1n) is 9.36. The van der Waals surface area contributed by atoms with E-state index in [9.17, 15) is 10.1 Å². The number of carbonyl (C=O) groups is 1. The van der Waals surface area contributed by atoms with Crippen LogP contribution in [0.4, 0.5) is 0 Å². The van der Waals surface area contributed by atoms with Crippen molar-refractivity contribution >= 4 is 34.6 Å². The SMILES string of the molecule is N#C/C(=C\c1ccc(Sc2cccc3cccnc23)o1)C(=O)NC[C@@H]1CCCO1. The van der Waals surface area contributed by atoms with Gasteiger partial charge < -0.3 is 14.5 Å². The molecule has 6 nitrogen and oxygen atoms in total. The minimum atomic E-state index is -0.424. The van der Waals surface area contributed by atoms with E-state index in [4.69, 9.17) is 9.15 Å². The van der Waals surface area contributed by atoms with E-state index in [2.05, 4.69) is 10.3 Å². The molecular formula is C22H19N3O3S. The van der Waals surface area contributed by atoms with Crippen LogP contribution in [0.3, 0.4) is 0 Å². The molecule has 1 atom stereocenters. The highest BCUT2D eigenvalue weighted by molar-refractivity contribution is 7.99. The van der Waals surface area contributed by atoms with E-state index in [0.717, 1.165) is 35.2 Å². The highest BCUT2D eigenvalue weighted by Gasteiger charge is 2.18. The normalized spacial score (nSPS) is 16.7. The summed E-state index contributed by atoms with van der Waals surface area (Å²) in [6.45, 7) is 1.13. The van der Waals surface area contributed by atoms with Gasteiger partial charge in [0, 0.05) is 35.7 Å². The number of para-hydroxylation sites is 1. The first-order valence-corrected chi connectivity index (χ1v) is 10.2. The minimum absolute atomic E-state index is 0.000671. The molecule has 1 aromatic carbocycles. The number of fused-ring (bicyclic) bond motifs is 1. The maximum atomic E-state index is 12.3. The fourth-order valence-corrected chi connectivity index (χ4v) is 4.04. The Labute approximate surface area is 172 Å². The Bertz CT molecular complexity index is 1090. The molecule has 1 aliphatic rings. The second-order valence-electron chi connectivity index (χ2n) is 6.61. The van der Waals surface area contributed by atoms with Gasteiger partial charge in [-0.25, -0.2) is 0 Å². The Morgan fingerprint density at radius 3 is 3.03 bits per heavy atom. The third kappa shape index (κ3) is 4.67. The van der Waals surface area contributed by atoms with E-state index < -0.39 is 5.91 Å². The lowest BCUT2D eigenvalue weighted by molar-refractivity contribution is -0.117. The number of rotatable bonds is 6. The number of furan rings is 1. The van der Waals surface area contributed by atoms with Crippen LogP contribution in [0.15, 0.2) is 68.6 Å². The maximum absolute atomic E-state index is 12.3. The molecule has 0 unspecified atom stereocenters. The van der Waals surface area contributed by atoms with E-state index in [1.165, 1.54) is 17.8 Å². The van der Waals surface area contributed by atoms with E-state index in [-0.39, 0.29) is 11.7 Å². The van der Waals surface area contributed by atoms with Crippen LogP contribution in [0.5, 0.6) is 0 Å². The van der Waals surface area contributed by atoms with Crippen LogP contribution in [0.25, 0.3) is 17.0 Å². The number of nitrogens with one attached hydrogen (secondary N) is 1. The predicted octanol–water partition coefficient (Wildman–Crippen LogP) is 4.18. The molecule has 0 saturated carbocycles. The zero-order valence-electron chi connectivity index (χ0n) is 15.6. The van der Waals surface area contributed by atoms with Gasteiger partial charge in [-0.3, -0.25) is 9.78 Å². The number of ether oxygens (including phenoxy) is 1. The molecule has 1 N–H and O–H groups in total. The van der Waals surface area contributed by atoms with Crippen LogP contribution in [0.2, 0.25) is 0 Å². The summed E-state index contributed by atoms with van der Waals surface area (Å²) in [5, 5.41) is 13.8. The van der Waals surface area contributed by atoms with Gasteiger partial charge in [-0.2, -0.15) is 5.26 Å². The molecule has 3 heterocycles. The zero-order valence-corrected chi connectivity index (χ0v) is 16.4. The molecule has 29 heavy (non-hydrogen) atoms. The monoisotopic (exact) mass is 405 g/mol. The first kappa shape index (κ1) is 19.2. The minimum Gasteiger partial charge on any atom is -0.450 e. The smallest absolute Gasteiger partial charge is 0.262 e. The second-order valence-corrected chi connectivity index (χ2v) is 7.65. The second kappa shape index (κ2) is 8.95. The maximum Gasteiger partial charge on any atom is 0.262 e. The van der Waals surface area contributed by atoms with Gasteiger partial charge in [-0.15, -0.1) is 0 Å². The number of benzene rings is 1. The van der Waals surface area contributed by atoms with Gasteiger partial charge >= 0.3 is 0 Å². The summed E-state index contributed by atoms with van der Waals surface area (Å²) < 4.78 is 11.3. The molecule has 1 saturated heterocycles. The molecule has 146 valence electrons. The number of amides is 1. The van der Waals surface area contributed by atoms with Gasteiger partial charge in [0.25, 0.3) is 5.91 Å². The van der Waals surface area contributed by atoms with Crippen molar-refractivity contribution in [3.8, 4) is 6.07 Å². The summed E-state index contributed by atoms with van der Waals surface area (Å²) in [5.41, 5.74) is 0.903. The predicted molar refractivity (Wildman–Crippen MR) is 110 cm³/mol. The van der Waals surface area contributed by atoms with Crippen LogP contribution in [0.1, 0.15) is 18.6 Å². The molecule has 1 aliphatic heterocycles. The summed E-state index contributed by atoms with van der Waals surface area (Å²) in [5.74, 6) is 0.0244. The Balaban J connectivity index is 1.45. The third-order valence-corrected chi connectivity index (χ3v) is 5.54. The number of nitriles is 1. The van der Waals surface area contributed by atoms with Crippen LogP contribution in [0, 0.1) is 11.3 Å². The van der Waals surface area contributed by atoms with E-state index in [1.54, 1.807) is 12.3 Å². The summed E-state index contributed by atoms with van der Waals surface area (Å²) in [6, 6.07) is 15.4. The van der Waals surface area contributed by atoms with Crippen LogP contribution >= 0.6 is 11.8 Å². The number of aromatic nitrogens is 1. The van der Waals surface area contributed by atoms with Crippen LogP contribution in [-0.2, 0) is 9.53 Å². The average Bonchev–Trinajstić information content (AvgIpc) is 3.42. The van der Waals surface area contributed by atoms with Crippen molar-refractivity contribution in [3.63, 3.8) is 0 Å². The summed E-state index contributed by atoms with van der Waals surface area (Å²) in [6.07, 6.45) is 5.17. The van der Waals surface area contributed by atoms with Crippen molar-refractivity contribution in [2.24, 2.45) is 0 Å². The van der Waals surface area contributed by atoms with E-state index in [1.807, 2.05) is 42.5 Å². The van der Waals surface area contributed by atoms with Crippen molar-refractivity contribution < 1.29 is 13.9 Å². The summed E-state index contributed by atoms with van der Waals surface area (Å²) in [4.78, 5) is 17.7. The fraction of sp³-hybridized carbons (Fsp3) is 0.227. The topological polar surface area (TPSA) is 88.2 Å². The molecule has 1 amide bonds. The van der Waals surface area contributed by atoms with E-state index in [0.29, 0.717) is 17.4 Å². The summed E-state index contributed by atoms with van der Waals surface area (Å²) >= 11 is 1.45. The third-order valence-electron chi connectivity index (χ3n) is 4.57. The molecule has 0 radical (unpaired) electrons.